The molecule has 1 fully saturated rings. The van der Waals surface area contributed by atoms with Crippen LogP contribution in [0.3, 0.4) is 0 Å². The second-order valence-corrected chi connectivity index (χ2v) is 8.93. The van der Waals surface area contributed by atoms with Crippen molar-refractivity contribution < 1.29 is 29.1 Å². The lowest BCUT2D eigenvalue weighted by atomic mass is 9.84. The molecule has 0 bridgehead atoms. The molecule has 2 aromatic heterocycles. The van der Waals surface area contributed by atoms with Crippen molar-refractivity contribution in [2.24, 2.45) is 0 Å². The third-order valence-electron chi connectivity index (χ3n) is 6.80. The van der Waals surface area contributed by atoms with Crippen molar-refractivity contribution >= 4 is 11.8 Å². The number of esters is 1. The molecule has 1 aliphatic carbocycles. The van der Waals surface area contributed by atoms with Gasteiger partial charge in [0.05, 0.1) is 18.2 Å². The highest BCUT2D eigenvalue weighted by Crippen LogP contribution is 2.46. The zero-order chi connectivity index (χ0) is 25.2. The normalized spacial score (nSPS) is 14.0. The van der Waals surface area contributed by atoms with Crippen molar-refractivity contribution in [2.75, 3.05) is 7.11 Å². The van der Waals surface area contributed by atoms with E-state index < -0.39 is 17.5 Å². The van der Waals surface area contributed by atoms with Crippen molar-refractivity contribution in [3.8, 4) is 28.6 Å². The second-order valence-electron chi connectivity index (χ2n) is 8.93. The SMILES string of the molecule is COC(=O)c1ccc(C(=O)c2c(O)c(O)n(-c3ccc(-c4ccon4)cc3)c2C2CCCCC2)cc1. The fourth-order valence-electron chi connectivity index (χ4n) is 4.98. The van der Waals surface area contributed by atoms with E-state index in [4.69, 9.17) is 9.26 Å². The third kappa shape index (κ3) is 4.15. The van der Waals surface area contributed by atoms with Crippen LogP contribution < -0.4 is 0 Å². The van der Waals surface area contributed by atoms with Crippen LogP contribution in [0.4, 0.5) is 0 Å². The van der Waals surface area contributed by atoms with Crippen LogP contribution in [0.2, 0.25) is 0 Å². The van der Waals surface area contributed by atoms with Crippen LogP contribution in [-0.2, 0) is 4.74 Å². The number of aromatic hydroxyl groups is 2. The molecule has 1 aliphatic rings. The monoisotopic (exact) mass is 486 g/mol. The number of benzene rings is 2. The molecule has 0 aliphatic heterocycles. The van der Waals surface area contributed by atoms with Crippen molar-refractivity contribution in [1.29, 1.82) is 0 Å². The van der Waals surface area contributed by atoms with Crippen LogP contribution in [-0.4, -0.2) is 38.8 Å². The summed E-state index contributed by atoms with van der Waals surface area (Å²) in [6, 6.07) is 15.2. The first kappa shape index (κ1) is 23.4. The van der Waals surface area contributed by atoms with Gasteiger partial charge in [-0.05, 0) is 37.1 Å². The largest absolute Gasteiger partial charge is 0.503 e. The fraction of sp³-hybridized carbons (Fsp3) is 0.250. The number of ketones is 1. The predicted molar refractivity (Wildman–Crippen MR) is 132 cm³/mol. The molecule has 8 nitrogen and oxygen atoms in total. The molecule has 2 aromatic carbocycles. The second kappa shape index (κ2) is 9.73. The lowest BCUT2D eigenvalue weighted by molar-refractivity contribution is 0.0600. The van der Waals surface area contributed by atoms with Crippen molar-refractivity contribution in [2.45, 2.75) is 38.0 Å². The van der Waals surface area contributed by atoms with Gasteiger partial charge in [-0.2, -0.15) is 0 Å². The molecular formula is C28H26N2O6. The number of aromatic nitrogens is 2. The molecule has 0 amide bonds. The third-order valence-corrected chi connectivity index (χ3v) is 6.80. The molecule has 0 unspecified atom stereocenters. The quantitative estimate of drug-likeness (QED) is 0.269. The van der Waals surface area contributed by atoms with Gasteiger partial charge in [0.2, 0.25) is 5.88 Å². The molecule has 0 radical (unpaired) electrons. The van der Waals surface area contributed by atoms with Gasteiger partial charge in [0.1, 0.15) is 12.0 Å². The van der Waals surface area contributed by atoms with Crippen molar-refractivity contribution in [3.05, 3.63) is 83.2 Å². The summed E-state index contributed by atoms with van der Waals surface area (Å²) in [6.45, 7) is 0. The number of ether oxygens (including phenoxy) is 1. The summed E-state index contributed by atoms with van der Waals surface area (Å²) in [5.74, 6) is -1.75. The summed E-state index contributed by atoms with van der Waals surface area (Å²) < 4.78 is 11.2. The highest BCUT2D eigenvalue weighted by Gasteiger charge is 2.33. The number of rotatable bonds is 6. The van der Waals surface area contributed by atoms with Crippen LogP contribution in [0, 0.1) is 0 Å². The van der Waals surface area contributed by atoms with Crippen LogP contribution in [0.5, 0.6) is 11.6 Å². The van der Waals surface area contributed by atoms with Crippen molar-refractivity contribution in [1.82, 2.24) is 9.72 Å². The van der Waals surface area contributed by atoms with E-state index in [0.717, 1.165) is 37.7 Å². The first-order valence-corrected chi connectivity index (χ1v) is 11.9. The Morgan fingerprint density at radius 1 is 0.944 bits per heavy atom. The number of carbonyl (C=O) groups is 2. The van der Waals surface area contributed by atoms with E-state index in [0.29, 0.717) is 28.2 Å². The van der Waals surface area contributed by atoms with E-state index in [1.165, 1.54) is 37.6 Å². The topological polar surface area (TPSA) is 115 Å². The van der Waals surface area contributed by atoms with Crippen molar-refractivity contribution in [3.63, 3.8) is 0 Å². The maximum Gasteiger partial charge on any atom is 0.337 e. The Morgan fingerprint density at radius 3 is 2.22 bits per heavy atom. The van der Waals surface area contributed by atoms with Gasteiger partial charge in [-0.1, -0.05) is 48.7 Å². The van der Waals surface area contributed by atoms with E-state index in [2.05, 4.69) is 5.16 Å². The van der Waals surface area contributed by atoms with Crippen LogP contribution >= 0.6 is 0 Å². The Hall–Kier alpha value is -4.33. The molecule has 184 valence electrons. The summed E-state index contributed by atoms with van der Waals surface area (Å²) in [7, 11) is 1.29. The van der Waals surface area contributed by atoms with E-state index in [-0.39, 0.29) is 17.4 Å². The first-order valence-electron chi connectivity index (χ1n) is 11.9. The molecule has 5 rings (SSSR count). The molecule has 8 heteroatoms. The van der Waals surface area contributed by atoms with Crippen LogP contribution in [0.25, 0.3) is 16.9 Å². The lowest BCUT2D eigenvalue weighted by Crippen LogP contribution is -2.15. The van der Waals surface area contributed by atoms with Gasteiger partial charge in [0.25, 0.3) is 0 Å². The average molecular weight is 487 g/mol. The van der Waals surface area contributed by atoms with Gasteiger partial charge in [-0.3, -0.25) is 9.36 Å². The number of methoxy groups -OCH3 is 1. The molecule has 2 N–H and O–H groups in total. The van der Waals surface area contributed by atoms with Gasteiger partial charge in [0.15, 0.2) is 11.5 Å². The smallest absolute Gasteiger partial charge is 0.337 e. The Morgan fingerprint density at radius 2 is 1.61 bits per heavy atom. The highest BCUT2D eigenvalue weighted by atomic mass is 16.5. The maximum atomic E-state index is 13.7. The standard InChI is InChI=1S/C28H26N2O6/c1-35-28(34)20-9-7-19(8-10-20)25(31)23-24(18-5-3-2-4-6-18)30(27(33)26(23)32)21-13-11-17(12-14-21)22-15-16-36-29-22/h7-16,18,32-33H,2-6H2,1H3. The minimum atomic E-state index is -0.502. The summed E-state index contributed by atoms with van der Waals surface area (Å²) in [6.07, 6.45) is 6.31. The molecular weight excluding hydrogens is 460 g/mol. The first-order chi connectivity index (χ1) is 17.5. The van der Waals surface area contributed by atoms with E-state index in [1.807, 2.05) is 24.3 Å². The van der Waals surface area contributed by atoms with Crippen LogP contribution in [0.1, 0.15) is 70.0 Å². The fourth-order valence-corrected chi connectivity index (χ4v) is 4.98. The number of carbonyl (C=O) groups excluding carboxylic acids is 2. The van der Waals surface area contributed by atoms with E-state index in [1.54, 1.807) is 10.6 Å². The Balaban J connectivity index is 1.61. The van der Waals surface area contributed by atoms with Gasteiger partial charge in [-0.25, -0.2) is 4.79 Å². The maximum absolute atomic E-state index is 13.7. The Labute approximate surface area is 207 Å². The molecule has 0 spiro atoms. The Kier molecular flexibility index (Phi) is 6.33. The minimum Gasteiger partial charge on any atom is -0.503 e. The lowest BCUT2D eigenvalue weighted by Gasteiger charge is -2.25. The Bertz CT molecular complexity index is 1380. The predicted octanol–water partition coefficient (Wildman–Crippen LogP) is 5.61. The number of hydrogen-bond acceptors (Lipinski definition) is 7. The zero-order valence-corrected chi connectivity index (χ0v) is 19.8. The molecule has 2 heterocycles. The highest BCUT2D eigenvalue weighted by molar-refractivity contribution is 6.12. The molecule has 0 atom stereocenters. The van der Waals surface area contributed by atoms with Gasteiger partial charge in [0, 0.05) is 34.5 Å². The van der Waals surface area contributed by atoms with Gasteiger partial charge >= 0.3 is 5.97 Å². The average Bonchev–Trinajstić information content (AvgIpc) is 3.56. The number of nitrogens with zero attached hydrogens (tertiary/aromatic N) is 2. The molecule has 0 saturated heterocycles. The number of hydrogen-bond donors (Lipinski definition) is 2. The molecule has 36 heavy (non-hydrogen) atoms. The van der Waals surface area contributed by atoms with E-state index >= 15 is 0 Å². The van der Waals surface area contributed by atoms with Crippen LogP contribution in [0.15, 0.2) is 65.4 Å². The summed E-state index contributed by atoms with van der Waals surface area (Å²) in [4.78, 5) is 25.5. The minimum absolute atomic E-state index is 0.00550. The van der Waals surface area contributed by atoms with Gasteiger partial charge in [-0.15, -0.1) is 0 Å². The summed E-state index contributed by atoms with van der Waals surface area (Å²) in [5, 5.41) is 26.0. The summed E-state index contributed by atoms with van der Waals surface area (Å²) in [5.41, 5.74) is 3.44. The zero-order valence-electron chi connectivity index (χ0n) is 19.8. The molecule has 1 saturated carbocycles. The van der Waals surface area contributed by atoms with Gasteiger partial charge < -0.3 is 19.5 Å². The summed E-state index contributed by atoms with van der Waals surface area (Å²) >= 11 is 0. The molecule has 4 aromatic rings. The van der Waals surface area contributed by atoms with E-state index in [9.17, 15) is 19.8 Å².